The average Bonchev–Trinajstić information content (AvgIpc) is 3.17. The molecule has 0 amide bonds. The number of H-pyrrole nitrogens is 1. The topological polar surface area (TPSA) is 113 Å². The zero-order valence-electron chi connectivity index (χ0n) is 17.2. The number of carboxylic acid groups (broad SMARTS) is 1. The van der Waals surface area contributed by atoms with Crippen LogP contribution in [0.25, 0.3) is 11.0 Å². The second-order valence-corrected chi connectivity index (χ2v) is 9.76. The number of carbonyl (C=O) groups is 1. The molecule has 1 fully saturated rings. The number of hydrogen-bond acceptors (Lipinski definition) is 5. The first kappa shape index (κ1) is 21.3. The van der Waals surface area contributed by atoms with Gasteiger partial charge in [0.2, 0.25) is 10.0 Å². The SMILES string of the molecule is COc1cccc2[nH]c(C[C@H]3CN(S(=O)(=O)c4ccccc4)CC[C@H]3CC(=O)O)nc12. The van der Waals surface area contributed by atoms with Crippen molar-refractivity contribution in [3.63, 3.8) is 0 Å². The van der Waals surface area contributed by atoms with Gasteiger partial charge in [-0.05, 0) is 42.5 Å². The molecule has 2 N–H and O–H groups in total. The van der Waals surface area contributed by atoms with E-state index >= 15 is 0 Å². The Hall–Kier alpha value is -2.91. The van der Waals surface area contributed by atoms with Crippen molar-refractivity contribution >= 4 is 27.0 Å². The van der Waals surface area contributed by atoms with Gasteiger partial charge in [0.25, 0.3) is 0 Å². The van der Waals surface area contributed by atoms with E-state index < -0.39 is 16.0 Å². The number of nitrogens with one attached hydrogen (secondary N) is 1. The monoisotopic (exact) mass is 443 g/mol. The van der Waals surface area contributed by atoms with Crippen LogP contribution >= 0.6 is 0 Å². The fourth-order valence-corrected chi connectivity index (χ4v) is 5.83. The molecule has 2 heterocycles. The molecule has 3 aromatic rings. The number of aliphatic carboxylic acids is 1. The third kappa shape index (κ3) is 4.42. The smallest absolute Gasteiger partial charge is 0.303 e. The number of aromatic amines is 1. The molecule has 4 rings (SSSR count). The number of ether oxygens (including phenoxy) is 1. The van der Waals surface area contributed by atoms with Gasteiger partial charge in [0.15, 0.2) is 0 Å². The molecule has 2 atom stereocenters. The molecule has 1 aliphatic heterocycles. The second kappa shape index (κ2) is 8.68. The summed E-state index contributed by atoms with van der Waals surface area (Å²) < 4.78 is 33.1. The summed E-state index contributed by atoms with van der Waals surface area (Å²) in [6.45, 7) is 0.559. The first-order chi connectivity index (χ1) is 14.9. The number of carboxylic acids is 1. The summed E-state index contributed by atoms with van der Waals surface area (Å²) in [6, 6.07) is 13.9. The predicted octanol–water partition coefficient (Wildman–Crippen LogP) is 2.92. The minimum Gasteiger partial charge on any atom is -0.494 e. The third-order valence-electron chi connectivity index (χ3n) is 5.87. The van der Waals surface area contributed by atoms with Crippen LogP contribution in [-0.2, 0) is 21.2 Å². The van der Waals surface area contributed by atoms with Crippen molar-refractivity contribution < 1.29 is 23.1 Å². The maximum atomic E-state index is 13.1. The summed E-state index contributed by atoms with van der Waals surface area (Å²) in [7, 11) is -2.06. The van der Waals surface area contributed by atoms with E-state index in [1.165, 1.54) is 4.31 Å². The number of para-hydroxylation sites is 1. The molecular formula is C22H25N3O5S. The van der Waals surface area contributed by atoms with E-state index in [4.69, 9.17) is 4.74 Å². The lowest BCUT2D eigenvalue weighted by Crippen LogP contribution is -2.45. The standard InChI is InChI=1S/C22H25N3O5S/c1-30-19-9-5-8-18-22(19)24-20(23-18)12-16-14-25(11-10-15(16)13-21(26)27)31(28,29)17-6-3-2-4-7-17/h2-9,15-16H,10-14H2,1H3,(H,23,24)(H,26,27)/t15-,16-/m0/s1. The summed E-state index contributed by atoms with van der Waals surface area (Å²) >= 11 is 0. The van der Waals surface area contributed by atoms with Gasteiger partial charge in [-0.2, -0.15) is 4.31 Å². The fourth-order valence-electron chi connectivity index (χ4n) is 4.30. The highest BCUT2D eigenvalue weighted by Crippen LogP contribution is 2.33. The summed E-state index contributed by atoms with van der Waals surface area (Å²) in [4.78, 5) is 19.6. The van der Waals surface area contributed by atoms with Crippen molar-refractivity contribution in [2.45, 2.75) is 24.2 Å². The minimum atomic E-state index is -3.64. The Kier molecular flexibility index (Phi) is 5.97. The number of fused-ring (bicyclic) bond motifs is 1. The maximum absolute atomic E-state index is 13.1. The molecule has 8 nitrogen and oxygen atoms in total. The van der Waals surface area contributed by atoms with Gasteiger partial charge in [-0.15, -0.1) is 0 Å². The number of methoxy groups -OCH3 is 1. The highest BCUT2D eigenvalue weighted by Gasteiger charge is 2.37. The lowest BCUT2D eigenvalue weighted by molar-refractivity contribution is -0.138. The van der Waals surface area contributed by atoms with Gasteiger partial charge in [-0.3, -0.25) is 4.79 Å². The predicted molar refractivity (Wildman–Crippen MR) is 115 cm³/mol. The molecule has 1 aromatic heterocycles. The second-order valence-electron chi connectivity index (χ2n) is 7.83. The van der Waals surface area contributed by atoms with Crippen LogP contribution in [-0.4, -0.2) is 54.0 Å². The number of benzene rings is 2. The number of nitrogens with zero attached hydrogens (tertiary/aromatic N) is 2. The van der Waals surface area contributed by atoms with Crippen LogP contribution in [0.2, 0.25) is 0 Å². The van der Waals surface area contributed by atoms with Gasteiger partial charge in [-0.25, -0.2) is 13.4 Å². The van der Waals surface area contributed by atoms with Crippen molar-refractivity contribution in [2.75, 3.05) is 20.2 Å². The van der Waals surface area contributed by atoms with E-state index in [1.54, 1.807) is 37.4 Å². The van der Waals surface area contributed by atoms with Crippen molar-refractivity contribution in [1.29, 1.82) is 0 Å². The van der Waals surface area contributed by atoms with E-state index in [-0.39, 0.29) is 29.7 Å². The van der Waals surface area contributed by atoms with Gasteiger partial charge in [0, 0.05) is 25.9 Å². The van der Waals surface area contributed by atoms with Crippen LogP contribution in [0, 0.1) is 11.8 Å². The van der Waals surface area contributed by atoms with Crippen LogP contribution in [0.5, 0.6) is 5.75 Å². The molecule has 2 aromatic carbocycles. The molecule has 0 spiro atoms. The van der Waals surface area contributed by atoms with Crippen LogP contribution in [0.1, 0.15) is 18.7 Å². The Labute approximate surface area is 180 Å². The molecule has 1 aliphatic rings. The van der Waals surface area contributed by atoms with Crippen LogP contribution in [0.4, 0.5) is 0 Å². The Morgan fingerprint density at radius 2 is 1.97 bits per heavy atom. The average molecular weight is 444 g/mol. The van der Waals surface area contributed by atoms with Gasteiger partial charge in [0.05, 0.1) is 17.5 Å². The van der Waals surface area contributed by atoms with Crippen molar-refractivity contribution in [3.05, 3.63) is 54.4 Å². The number of hydrogen-bond donors (Lipinski definition) is 2. The summed E-state index contributed by atoms with van der Waals surface area (Å²) in [6.07, 6.45) is 0.955. The zero-order valence-corrected chi connectivity index (χ0v) is 18.0. The molecule has 9 heteroatoms. The molecule has 31 heavy (non-hydrogen) atoms. The summed E-state index contributed by atoms with van der Waals surface area (Å²) in [5.74, 6) is 0.170. The van der Waals surface area contributed by atoms with E-state index in [0.717, 1.165) is 5.52 Å². The highest BCUT2D eigenvalue weighted by molar-refractivity contribution is 7.89. The molecule has 0 bridgehead atoms. The van der Waals surface area contributed by atoms with Crippen molar-refractivity contribution in [2.24, 2.45) is 11.8 Å². The van der Waals surface area contributed by atoms with Gasteiger partial charge in [0.1, 0.15) is 17.1 Å². The fraction of sp³-hybridized carbons (Fsp3) is 0.364. The third-order valence-corrected chi connectivity index (χ3v) is 7.75. The highest BCUT2D eigenvalue weighted by atomic mass is 32.2. The number of imidazole rings is 1. The Balaban J connectivity index is 1.61. The van der Waals surface area contributed by atoms with Gasteiger partial charge < -0.3 is 14.8 Å². The molecule has 0 radical (unpaired) electrons. The largest absolute Gasteiger partial charge is 0.494 e. The Morgan fingerprint density at radius 1 is 1.19 bits per heavy atom. The lowest BCUT2D eigenvalue weighted by atomic mass is 9.82. The van der Waals surface area contributed by atoms with Crippen LogP contribution in [0.3, 0.4) is 0 Å². The van der Waals surface area contributed by atoms with Gasteiger partial charge >= 0.3 is 5.97 Å². The van der Waals surface area contributed by atoms with Gasteiger partial charge in [-0.1, -0.05) is 24.3 Å². The van der Waals surface area contributed by atoms with E-state index in [2.05, 4.69) is 9.97 Å². The number of piperidine rings is 1. The molecule has 164 valence electrons. The number of rotatable bonds is 7. The normalized spacial score (nSPS) is 20.0. The minimum absolute atomic E-state index is 0.00738. The Morgan fingerprint density at radius 3 is 2.68 bits per heavy atom. The maximum Gasteiger partial charge on any atom is 0.303 e. The van der Waals surface area contributed by atoms with Crippen LogP contribution < -0.4 is 4.74 Å². The molecule has 0 unspecified atom stereocenters. The first-order valence-electron chi connectivity index (χ1n) is 10.2. The first-order valence-corrected chi connectivity index (χ1v) is 11.6. The Bertz CT molecular complexity index is 1180. The van der Waals surface area contributed by atoms with E-state index in [0.29, 0.717) is 36.5 Å². The van der Waals surface area contributed by atoms with E-state index in [9.17, 15) is 18.3 Å². The quantitative estimate of drug-likeness (QED) is 0.581. The number of sulfonamides is 1. The molecule has 0 aliphatic carbocycles. The summed E-state index contributed by atoms with van der Waals surface area (Å²) in [5.41, 5.74) is 1.54. The molecule has 0 saturated carbocycles. The van der Waals surface area contributed by atoms with E-state index in [1.807, 2.05) is 18.2 Å². The molecular weight excluding hydrogens is 418 g/mol. The van der Waals surface area contributed by atoms with Crippen LogP contribution in [0.15, 0.2) is 53.4 Å². The summed E-state index contributed by atoms with van der Waals surface area (Å²) in [5, 5.41) is 9.36. The van der Waals surface area contributed by atoms with Crippen molar-refractivity contribution in [1.82, 2.24) is 14.3 Å². The van der Waals surface area contributed by atoms with Crippen molar-refractivity contribution in [3.8, 4) is 5.75 Å². The zero-order chi connectivity index (χ0) is 22.0. The lowest BCUT2D eigenvalue weighted by Gasteiger charge is -2.37. The number of aromatic nitrogens is 2. The molecule has 1 saturated heterocycles.